The van der Waals surface area contributed by atoms with Crippen LogP contribution >= 0.6 is 11.6 Å². The van der Waals surface area contributed by atoms with Gasteiger partial charge in [0, 0.05) is 16.3 Å². The SMILES string of the molecule is COc1ccc(/C(O)=C2\C(=O)C(=O)N(c3cccc(Cl)c3)C2c2ccc(F)cc2)cc1. The zero-order valence-electron chi connectivity index (χ0n) is 16.4. The van der Waals surface area contributed by atoms with Crippen LogP contribution in [0.25, 0.3) is 5.76 Å². The number of benzene rings is 3. The van der Waals surface area contributed by atoms with Gasteiger partial charge in [-0.15, -0.1) is 0 Å². The Morgan fingerprint density at radius 2 is 1.71 bits per heavy atom. The van der Waals surface area contributed by atoms with E-state index < -0.39 is 23.5 Å². The highest BCUT2D eigenvalue weighted by molar-refractivity contribution is 6.51. The highest BCUT2D eigenvalue weighted by Gasteiger charge is 2.47. The van der Waals surface area contributed by atoms with Gasteiger partial charge in [0.15, 0.2) is 0 Å². The lowest BCUT2D eigenvalue weighted by atomic mass is 9.95. The number of methoxy groups -OCH3 is 1. The maximum absolute atomic E-state index is 13.6. The average molecular weight is 438 g/mol. The van der Waals surface area contributed by atoms with Crippen molar-refractivity contribution in [2.75, 3.05) is 12.0 Å². The quantitative estimate of drug-likeness (QED) is 0.350. The number of Topliss-reactive ketones (excluding diaryl/α,β-unsaturated/α-hetero) is 1. The first kappa shape index (κ1) is 20.6. The van der Waals surface area contributed by atoms with Gasteiger partial charge in [-0.2, -0.15) is 0 Å². The molecule has 1 heterocycles. The van der Waals surface area contributed by atoms with Crippen molar-refractivity contribution in [3.8, 4) is 5.75 Å². The van der Waals surface area contributed by atoms with E-state index in [9.17, 15) is 19.1 Å². The van der Waals surface area contributed by atoms with Crippen LogP contribution in [0.5, 0.6) is 5.75 Å². The highest BCUT2D eigenvalue weighted by Crippen LogP contribution is 2.42. The van der Waals surface area contributed by atoms with Gasteiger partial charge in [-0.3, -0.25) is 14.5 Å². The maximum atomic E-state index is 13.6. The first-order chi connectivity index (χ1) is 14.9. The van der Waals surface area contributed by atoms with Crippen LogP contribution in [0.2, 0.25) is 5.02 Å². The van der Waals surface area contributed by atoms with E-state index in [4.69, 9.17) is 16.3 Å². The molecule has 1 aliphatic heterocycles. The molecular weight excluding hydrogens is 421 g/mol. The van der Waals surface area contributed by atoms with Gasteiger partial charge < -0.3 is 9.84 Å². The van der Waals surface area contributed by atoms with E-state index >= 15 is 0 Å². The van der Waals surface area contributed by atoms with Crippen molar-refractivity contribution in [3.63, 3.8) is 0 Å². The molecule has 0 saturated carbocycles. The summed E-state index contributed by atoms with van der Waals surface area (Å²) in [6.45, 7) is 0. The summed E-state index contributed by atoms with van der Waals surface area (Å²) in [6.07, 6.45) is 0. The van der Waals surface area contributed by atoms with E-state index in [1.807, 2.05) is 0 Å². The minimum Gasteiger partial charge on any atom is -0.507 e. The monoisotopic (exact) mass is 437 g/mol. The molecule has 5 nitrogen and oxygen atoms in total. The largest absolute Gasteiger partial charge is 0.507 e. The van der Waals surface area contributed by atoms with Gasteiger partial charge in [-0.1, -0.05) is 29.8 Å². The summed E-state index contributed by atoms with van der Waals surface area (Å²) >= 11 is 6.10. The van der Waals surface area contributed by atoms with Gasteiger partial charge in [-0.25, -0.2) is 4.39 Å². The Labute approximate surface area is 182 Å². The molecule has 1 atom stereocenters. The Morgan fingerprint density at radius 1 is 1.03 bits per heavy atom. The van der Waals surface area contributed by atoms with Crippen molar-refractivity contribution in [1.82, 2.24) is 0 Å². The van der Waals surface area contributed by atoms with Gasteiger partial charge >= 0.3 is 0 Å². The molecule has 31 heavy (non-hydrogen) atoms. The Balaban J connectivity index is 1.92. The van der Waals surface area contributed by atoms with Crippen molar-refractivity contribution in [2.24, 2.45) is 0 Å². The molecule has 1 aliphatic rings. The molecule has 0 bridgehead atoms. The van der Waals surface area contributed by atoms with Crippen molar-refractivity contribution in [1.29, 1.82) is 0 Å². The third-order valence-corrected chi connectivity index (χ3v) is 5.32. The molecular formula is C24H17ClFNO4. The molecule has 3 aromatic carbocycles. The Kier molecular flexibility index (Phi) is 5.48. The van der Waals surface area contributed by atoms with Crippen LogP contribution in [-0.4, -0.2) is 23.9 Å². The third-order valence-electron chi connectivity index (χ3n) is 5.08. The summed E-state index contributed by atoms with van der Waals surface area (Å²) in [5, 5.41) is 11.4. The van der Waals surface area contributed by atoms with Crippen LogP contribution < -0.4 is 9.64 Å². The molecule has 7 heteroatoms. The smallest absolute Gasteiger partial charge is 0.300 e. The first-order valence-corrected chi connectivity index (χ1v) is 9.75. The van der Waals surface area contributed by atoms with Crippen molar-refractivity contribution in [2.45, 2.75) is 6.04 Å². The van der Waals surface area contributed by atoms with Gasteiger partial charge in [0.1, 0.15) is 17.3 Å². The first-order valence-electron chi connectivity index (χ1n) is 9.37. The van der Waals surface area contributed by atoms with E-state index in [1.54, 1.807) is 48.5 Å². The molecule has 1 N–H and O–H groups in total. The van der Waals surface area contributed by atoms with Crippen LogP contribution in [0.1, 0.15) is 17.2 Å². The molecule has 0 spiro atoms. The van der Waals surface area contributed by atoms with Crippen LogP contribution in [0.3, 0.4) is 0 Å². The minimum absolute atomic E-state index is 0.0956. The second-order valence-corrected chi connectivity index (χ2v) is 7.37. The Hall–Kier alpha value is -3.64. The van der Waals surface area contributed by atoms with Crippen molar-refractivity contribution < 1.29 is 23.8 Å². The van der Waals surface area contributed by atoms with E-state index in [0.717, 1.165) is 0 Å². The van der Waals surface area contributed by atoms with E-state index in [2.05, 4.69) is 0 Å². The summed E-state index contributed by atoms with van der Waals surface area (Å²) in [6, 6.07) is 17.4. The van der Waals surface area contributed by atoms with Crippen molar-refractivity contribution >= 4 is 34.7 Å². The molecule has 0 aliphatic carbocycles. The number of amides is 1. The van der Waals surface area contributed by atoms with Gasteiger partial charge in [-0.05, 0) is 60.2 Å². The van der Waals surface area contributed by atoms with Crippen LogP contribution in [0.15, 0.2) is 78.4 Å². The van der Waals surface area contributed by atoms with Gasteiger partial charge in [0.2, 0.25) is 0 Å². The zero-order chi connectivity index (χ0) is 22.1. The molecule has 3 aromatic rings. The molecule has 156 valence electrons. The predicted molar refractivity (Wildman–Crippen MR) is 116 cm³/mol. The number of hydrogen-bond donors (Lipinski definition) is 1. The number of nitrogens with zero attached hydrogens (tertiary/aromatic N) is 1. The van der Waals surface area contributed by atoms with Crippen LogP contribution in [-0.2, 0) is 9.59 Å². The number of halogens is 2. The summed E-state index contributed by atoms with van der Waals surface area (Å²) in [5.41, 5.74) is 1.10. The molecule has 1 amide bonds. The summed E-state index contributed by atoms with van der Waals surface area (Å²) < 4.78 is 18.7. The summed E-state index contributed by atoms with van der Waals surface area (Å²) in [7, 11) is 1.51. The zero-order valence-corrected chi connectivity index (χ0v) is 17.1. The fraction of sp³-hybridized carbons (Fsp3) is 0.0833. The number of carbonyl (C=O) groups excluding carboxylic acids is 2. The Morgan fingerprint density at radius 3 is 2.32 bits per heavy atom. The topological polar surface area (TPSA) is 66.8 Å². The second kappa shape index (κ2) is 8.24. The van der Waals surface area contributed by atoms with Crippen molar-refractivity contribution in [3.05, 3.63) is 100 Å². The molecule has 0 aromatic heterocycles. The molecule has 4 rings (SSSR count). The summed E-state index contributed by atoms with van der Waals surface area (Å²) in [4.78, 5) is 27.3. The molecule has 1 unspecified atom stereocenters. The van der Waals surface area contributed by atoms with E-state index in [-0.39, 0.29) is 11.3 Å². The lowest BCUT2D eigenvalue weighted by molar-refractivity contribution is -0.132. The number of anilines is 1. The van der Waals surface area contributed by atoms with E-state index in [1.165, 1.54) is 36.3 Å². The number of hydrogen-bond acceptors (Lipinski definition) is 4. The predicted octanol–water partition coefficient (Wildman–Crippen LogP) is 5.11. The van der Waals surface area contributed by atoms with E-state index in [0.29, 0.717) is 27.6 Å². The normalized spacial score (nSPS) is 17.8. The lowest BCUT2D eigenvalue weighted by Crippen LogP contribution is -2.29. The lowest BCUT2D eigenvalue weighted by Gasteiger charge is -2.25. The number of aliphatic hydroxyl groups is 1. The van der Waals surface area contributed by atoms with Crippen LogP contribution in [0, 0.1) is 5.82 Å². The molecule has 0 radical (unpaired) electrons. The Bertz CT molecular complexity index is 1190. The molecule has 1 saturated heterocycles. The fourth-order valence-corrected chi connectivity index (χ4v) is 3.77. The molecule has 1 fully saturated rings. The standard InChI is InChI=1S/C24H17ClFNO4/c1-31-19-11-7-15(8-12-19)22(28)20-21(14-5-9-17(26)10-6-14)27(24(30)23(20)29)18-4-2-3-16(25)13-18/h2-13,21,28H,1H3/b22-20+. The number of rotatable bonds is 4. The number of ketones is 1. The number of aliphatic hydroxyl groups excluding tert-OH is 1. The highest BCUT2D eigenvalue weighted by atomic mass is 35.5. The van der Waals surface area contributed by atoms with Crippen LogP contribution in [0.4, 0.5) is 10.1 Å². The number of carbonyl (C=O) groups is 2. The third kappa shape index (κ3) is 3.78. The number of ether oxygens (including phenoxy) is 1. The summed E-state index contributed by atoms with van der Waals surface area (Å²) in [5.74, 6) is -1.88. The maximum Gasteiger partial charge on any atom is 0.300 e. The fourth-order valence-electron chi connectivity index (χ4n) is 3.59. The van der Waals surface area contributed by atoms with Gasteiger partial charge in [0.05, 0.1) is 18.7 Å². The minimum atomic E-state index is -0.957. The average Bonchev–Trinajstić information content (AvgIpc) is 3.04. The second-order valence-electron chi connectivity index (χ2n) is 6.93. The van der Waals surface area contributed by atoms with Gasteiger partial charge in [0.25, 0.3) is 11.7 Å².